The molecule has 0 aromatic carbocycles. The van der Waals surface area contributed by atoms with Gasteiger partial charge in [-0.15, -0.1) is 0 Å². The van der Waals surface area contributed by atoms with Gasteiger partial charge in [-0.25, -0.2) is 0 Å². The van der Waals surface area contributed by atoms with Crippen molar-refractivity contribution in [3.05, 3.63) is 0 Å². The van der Waals surface area contributed by atoms with Gasteiger partial charge in [-0.2, -0.15) is 0 Å². The van der Waals surface area contributed by atoms with Gasteiger partial charge in [0.2, 0.25) is 5.91 Å². The summed E-state index contributed by atoms with van der Waals surface area (Å²) in [7, 11) is 0. The molecule has 0 aromatic rings. The molecular weight excluding hydrogens is 248 g/mol. The van der Waals surface area contributed by atoms with Crippen molar-refractivity contribution in [2.75, 3.05) is 6.54 Å². The van der Waals surface area contributed by atoms with Crippen LogP contribution in [0.1, 0.15) is 65.2 Å². The first kappa shape index (κ1) is 14.4. The van der Waals surface area contributed by atoms with Crippen LogP contribution in [0.2, 0.25) is 0 Å². The Labute approximate surface area is 123 Å². The second-order valence-electron chi connectivity index (χ2n) is 7.84. The fraction of sp³-hybridized carbons (Fsp3) is 0.941. The average molecular weight is 278 g/mol. The third-order valence-electron chi connectivity index (χ3n) is 6.64. The molecule has 0 radical (unpaired) electrons. The predicted octanol–water partition coefficient (Wildman–Crippen LogP) is 2.84. The first-order chi connectivity index (χ1) is 9.54. The monoisotopic (exact) mass is 278 g/mol. The number of rotatable bonds is 5. The highest BCUT2D eigenvalue weighted by molar-refractivity contribution is 5.84. The maximum absolute atomic E-state index is 13.0. The van der Waals surface area contributed by atoms with Crippen molar-refractivity contribution < 1.29 is 4.79 Å². The van der Waals surface area contributed by atoms with E-state index in [4.69, 9.17) is 5.73 Å². The van der Waals surface area contributed by atoms with Crippen LogP contribution in [0.25, 0.3) is 0 Å². The highest BCUT2D eigenvalue weighted by Gasteiger charge is 2.55. The van der Waals surface area contributed by atoms with E-state index in [2.05, 4.69) is 19.2 Å². The Kier molecular flexibility index (Phi) is 3.60. The second-order valence-corrected chi connectivity index (χ2v) is 7.84. The molecule has 0 heterocycles. The zero-order chi connectivity index (χ0) is 14.4. The van der Waals surface area contributed by atoms with Crippen LogP contribution in [-0.4, -0.2) is 18.0 Å². The Bertz CT molecular complexity index is 343. The molecule has 4 aliphatic carbocycles. The molecule has 0 saturated heterocycles. The van der Waals surface area contributed by atoms with E-state index >= 15 is 0 Å². The number of hydrogen-bond donors (Lipinski definition) is 2. The van der Waals surface area contributed by atoms with E-state index in [1.54, 1.807) is 0 Å². The van der Waals surface area contributed by atoms with E-state index in [1.165, 1.54) is 19.3 Å². The van der Waals surface area contributed by atoms with Crippen molar-refractivity contribution >= 4 is 5.91 Å². The quantitative estimate of drug-likeness (QED) is 0.812. The summed E-state index contributed by atoms with van der Waals surface area (Å²) < 4.78 is 0. The maximum Gasteiger partial charge on any atom is 0.226 e. The van der Waals surface area contributed by atoms with E-state index in [0.29, 0.717) is 12.5 Å². The first-order valence-corrected chi connectivity index (χ1v) is 8.57. The Morgan fingerprint density at radius 2 is 1.55 bits per heavy atom. The lowest BCUT2D eigenvalue weighted by atomic mass is 9.49. The van der Waals surface area contributed by atoms with Gasteiger partial charge in [0.1, 0.15) is 0 Å². The van der Waals surface area contributed by atoms with Crippen molar-refractivity contribution in [1.29, 1.82) is 0 Å². The summed E-state index contributed by atoms with van der Waals surface area (Å²) in [6.07, 6.45) is 9.43. The van der Waals surface area contributed by atoms with E-state index in [9.17, 15) is 4.79 Å². The SMILES string of the molecule is CCC(CC)(CN)NC(=O)C12CC3CC(CC(C3)C1)C2. The third kappa shape index (κ3) is 2.18. The van der Waals surface area contributed by atoms with Crippen LogP contribution < -0.4 is 11.1 Å². The number of carbonyl (C=O) groups excluding carboxylic acids is 1. The number of amides is 1. The van der Waals surface area contributed by atoms with Gasteiger partial charge >= 0.3 is 0 Å². The molecule has 1 amide bonds. The fourth-order valence-corrected chi connectivity index (χ4v) is 5.53. The van der Waals surface area contributed by atoms with Crippen LogP contribution in [-0.2, 0) is 4.79 Å². The Morgan fingerprint density at radius 1 is 1.10 bits per heavy atom. The minimum Gasteiger partial charge on any atom is -0.349 e. The van der Waals surface area contributed by atoms with Crippen LogP contribution in [0.15, 0.2) is 0 Å². The van der Waals surface area contributed by atoms with Gasteiger partial charge in [0.25, 0.3) is 0 Å². The van der Waals surface area contributed by atoms with E-state index in [0.717, 1.165) is 49.9 Å². The van der Waals surface area contributed by atoms with Crippen molar-refractivity contribution in [1.82, 2.24) is 5.32 Å². The smallest absolute Gasteiger partial charge is 0.226 e. The summed E-state index contributed by atoms with van der Waals surface area (Å²) in [6, 6.07) is 0. The lowest BCUT2D eigenvalue weighted by Crippen LogP contribution is -2.60. The lowest BCUT2D eigenvalue weighted by molar-refractivity contribution is -0.148. The third-order valence-corrected chi connectivity index (χ3v) is 6.64. The number of nitrogens with two attached hydrogens (primary N) is 1. The van der Waals surface area contributed by atoms with Crippen LogP contribution in [0.4, 0.5) is 0 Å². The largest absolute Gasteiger partial charge is 0.349 e. The van der Waals surface area contributed by atoms with Crippen LogP contribution in [0.5, 0.6) is 0 Å². The number of carbonyl (C=O) groups is 1. The van der Waals surface area contributed by atoms with Crippen molar-refractivity contribution in [3.8, 4) is 0 Å². The molecule has 4 saturated carbocycles. The minimum absolute atomic E-state index is 0.0422. The summed E-state index contributed by atoms with van der Waals surface area (Å²) in [5, 5.41) is 3.37. The zero-order valence-corrected chi connectivity index (χ0v) is 13.1. The minimum atomic E-state index is -0.180. The molecule has 0 aliphatic heterocycles. The highest BCUT2D eigenvalue weighted by Crippen LogP contribution is 2.60. The Morgan fingerprint density at radius 3 is 1.90 bits per heavy atom. The molecule has 0 unspecified atom stereocenters. The van der Waals surface area contributed by atoms with Gasteiger partial charge in [0, 0.05) is 12.0 Å². The average Bonchev–Trinajstić information content (AvgIpc) is 2.43. The maximum atomic E-state index is 13.0. The molecule has 3 nitrogen and oxygen atoms in total. The zero-order valence-electron chi connectivity index (χ0n) is 13.1. The van der Waals surface area contributed by atoms with Gasteiger partial charge in [-0.3, -0.25) is 4.79 Å². The van der Waals surface area contributed by atoms with Crippen LogP contribution in [0, 0.1) is 23.2 Å². The van der Waals surface area contributed by atoms with E-state index < -0.39 is 0 Å². The molecule has 3 heteroatoms. The molecule has 20 heavy (non-hydrogen) atoms. The topological polar surface area (TPSA) is 55.1 Å². The summed E-state index contributed by atoms with van der Waals surface area (Å²) >= 11 is 0. The van der Waals surface area contributed by atoms with Crippen LogP contribution in [0.3, 0.4) is 0 Å². The fourth-order valence-electron chi connectivity index (χ4n) is 5.53. The first-order valence-electron chi connectivity index (χ1n) is 8.57. The molecule has 4 bridgehead atoms. The Hall–Kier alpha value is -0.570. The summed E-state index contributed by atoms with van der Waals surface area (Å²) in [5.41, 5.74) is 5.73. The van der Waals surface area contributed by atoms with Gasteiger partial charge in [-0.1, -0.05) is 13.8 Å². The summed E-state index contributed by atoms with van der Waals surface area (Å²) in [6.45, 7) is 4.82. The second kappa shape index (κ2) is 5.01. The highest BCUT2D eigenvalue weighted by atomic mass is 16.2. The number of hydrogen-bond acceptors (Lipinski definition) is 2. The molecule has 4 fully saturated rings. The van der Waals surface area contributed by atoms with Crippen LogP contribution >= 0.6 is 0 Å². The molecule has 4 aliphatic rings. The predicted molar refractivity (Wildman–Crippen MR) is 81.1 cm³/mol. The normalized spacial score (nSPS) is 39.0. The standard InChI is InChI=1S/C17H30N2O/c1-3-17(4-2,11-18)19-15(20)16-8-12-5-13(9-16)7-14(6-12)10-16/h12-14H,3-11,18H2,1-2H3,(H,19,20). The van der Waals surface area contributed by atoms with Crippen molar-refractivity contribution in [2.24, 2.45) is 28.9 Å². The molecule has 0 aromatic heterocycles. The molecule has 0 atom stereocenters. The Balaban J connectivity index is 1.77. The van der Waals surface area contributed by atoms with Gasteiger partial charge in [-0.05, 0) is 69.1 Å². The molecule has 114 valence electrons. The van der Waals surface area contributed by atoms with E-state index in [-0.39, 0.29) is 11.0 Å². The van der Waals surface area contributed by atoms with E-state index in [1.807, 2.05) is 0 Å². The molecule has 0 spiro atoms. The van der Waals surface area contributed by atoms with Crippen molar-refractivity contribution in [2.45, 2.75) is 70.8 Å². The molecular formula is C17H30N2O. The summed E-state index contributed by atoms with van der Waals surface area (Å²) in [5.74, 6) is 2.79. The van der Waals surface area contributed by atoms with Gasteiger partial charge in [0.15, 0.2) is 0 Å². The van der Waals surface area contributed by atoms with Crippen molar-refractivity contribution in [3.63, 3.8) is 0 Å². The van der Waals surface area contributed by atoms with Gasteiger partial charge < -0.3 is 11.1 Å². The lowest BCUT2D eigenvalue weighted by Gasteiger charge is -2.56. The molecule has 4 rings (SSSR count). The number of nitrogens with one attached hydrogen (secondary N) is 1. The van der Waals surface area contributed by atoms with Gasteiger partial charge in [0.05, 0.1) is 5.54 Å². The molecule has 3 N–H and O–H groups in total. The summed E-state index contributed by atoms with van der Waals surface area (Å²) in [4.78, 5) is 13.0.